The molecular weight excluding hydrogens is 234 g/mol. The van der Waals surface area contributed by atoms with Crippen LogP contribution in [0.3, 0.4) is 0 Å². The highest BCUT2D eigenvalue weighted by Crippen LogP contribution is 2.23. The van der Waals surface area contributed by atoms with Crippen LogP contribution >= 0.6 is 11.6 Å². The van der Waals surface area contributed by atoms with Crippen LogP contribution in [-0.4, -0.2) is 4.98 Å². The fourth-order valence-corrected chi connectivity index (χ4v) is 1.66. The van der Waals surface area contributed by atoms with Gasteiger partial charge in [0.1, 0.15) is 5.82 Å². The Kier molecular flexibility index (Phi) is 3.61. The van der Waals surface area contributed by atoms with Crippen molar-refractivity contribution in [3.8, 4) is 0 Å². The lowest BCUT2D eigenvalue weighted by atomic mass is 10.2. The van der Waals surface area contributed by atoms with Crippen molar-refractivity contribution in [2.24, 2.45) is 5.73 Å². The van der Waals surface area contributed by atoms with Crippen LogP contribution in [0.2, 0.25) is 5.02 Å². The molecule has 0 saturated carbocycles. The quantitative estimate of drug-likeness (QED) is 0.876. The van der Waals surface area contributed by atoms with Gasteiger partial charge in [-0.1, -0.05) is 23.7 Å². The third-order valence-electron chi connectivity index (χ3n) is 2.52. The zero-order valence-electron chi connectivity index (χ0n) is 9.57. The van der Waals surface area contributed by atoms with Crippen molar-refractivity contribution in [3.63, 3.8) is 0 Å². The van der Waals surface area contributed by atoms with Crippen molar-refractivity contribution in [1.29, 1.82) is 0 Å². The molecule has 0 fully saturated rings. The number of pyridine rings is 1. The van der Waals surface area contributed by atoms with E-state index in [1.165, 1.54) is 0 Å². The molecule has 3 nitrogen and oxygen atoms in total. The Labute approximate surface area is 106 Å². The summed E-state index contributed by atoms with van der Waals surface area (Å²) in [6.45, 7) is 2.52. The van der Waals surface area contributed by atoms with E-state index in [9.17, 15) is 0 Å². The fraction of sp³-hybridized carbons (Fsp3) is 0.154. The van der Waals surface area contributed by atoms with Crippen LogP contribution in [0.1, 0.15) is 11.1 Å². The lowest BCUT2D eigenvalue weighted by Crippen LogP contribution is -1.99. The minimum Gasteiger partial charge on any atom is -0.340 e. The number of rotatable bonds is 3. The molecule has 0 aliphatic heterocycles. The number of nitrogens with one attached hydrogen (secondary N) is 1. The third-order valence-corrected chi connectivity index (χ3v) is 2.76. The molecule has 1 aromatic heterocycles. The van der Waals surface area contributed by atoms with Gasteiger partial charge < -0.3 is 11.1 Å². The molecule has 0 atom stereocenters. The van der Waals surface area contributed by atoms with Crippen LogP contribution in [0.25, 0.3) is 0 Å². The molecule has 2 rings (SSSR count). The Hall–Kier alpha value is -1.58. The SMILES string of the molecule is Cc1ccc(Cl)cc1Nc1ccc(CN)cn1. The van der Waals surface area contributed by atoms with E-state index in [1.807, 2.05) is 37.3 Å². The highest BCUT2D eigenvalue weighted by atomic mass is 35.5. The van der Waals surface area contributed by atoms with Gasteiger partial charge >= 0.3 is 0 Å². The zero-order valence-corrected chi connectivity index (χ0v) is 10.3. The van der Waals surface area contributed by atoms with E-state index in [2.05, 4.69) is 10.3 Å². The lowest BCUT2D eigenvalue weighted by Gasteiger charge is -2.09. The molecule has 4 heteroatoms. The first kappa shape index (κ1) is 11.9. The number of nitrogens with two attached hydrogens (primary N) is 1. The smallest absolute Gasteiger partial charge is 0.130 e. The van der Waals surface area contributed by atoms with Gasteiger partial charge in [-0.05, 0) is 36.2 Å². The Morgan fingerprint density at radius 3 is 2.76 bits per heavy atom. The van der Waals surface area contributed by atoms with Gasteiger partial charge in [0.2, 0.25) is 0 Å². The van der Waals surface area contributed by atoms with Gasteiger partial charge in [0.25, 0.3) is 0 Å². The Morgan fingerprint density at radius 2 is 2.12 bits per heavy atom. The first-order valence-electron chi connectivity index (χ1n) is 5.37. The molecule has 0 amide bonds. The Balaban J connectivity index is 2.22. The molecule has 0 aliphatic rings. The van der Waals surface area contributed by atoms with Gasteiger partial charge in [-0.3, -0.25) is 0 Å². The molecule has 88 valence electrons. The summed E-state index contributed by atoms with van der Waals surface area (Å²) in [7, 11) is 0. The van der Waals surface area contributed by atoms with Crippen molar-refractivity contribution in [2.45, 2.75) is 13.5 Å². The molecule has 0 saturated heterocycles. The number of benzene rings is 1. The summed E-state index contributed by atoms with van der Waals surface area (Å²) in [6.07, 6.45) is 1.77. The predicted molar refractivity (Wildman–Crippen MR) is 71.6 cm³/mol. The molecule has 0 spiro atoms. The van der Waals surface area contributed by atoms with E-state index in [1.54, 1.807) is 6.20 Å². The van der Waals surface area contributed by atoms with Crippen molar-refractivity contribution in [2.75, 3.05) is 5.32 Å². The molecule has 2 aromatic rings. The van der Waals surface area contributed by atoms with Crippen molar-refractivity contribution in [3.05, 3.63) is 52.7 Å². The molecule has 0 bridgehead atoms. The first-order valence-corrected chi connectivity index (χ1v) is 5.75. The maximum absolute atomic E-state index is 5.95. The number of anilines is 2. The van der Waals surface area contributed by atoms with E-state index in [4.69, 9.17) is 17.3 Å². The molecule has 1 aromatic carbocycles. The topological polar surface area (TPSA) is 50.9 Å². The van der Waals surface area contributed by atoms with E-state index < -0.39 is 0 Å². The molecule has 0 unspecified atom stereocenters. The van der Waals surface area contributed by atoms with Gasteiger partial charge in [0.05, 0.1) is 0 Å². The molecular formula is C13H14ClN3. The van der Waals surface area contributed by atoms with E-state index in [-0.39, 0.29) is 0 Å². The standard InChI is InChI=1S/C13H14ClN3/c1-9-2-4-11(14)6-12(9)17-13-5-3-10(7-15)8-16-13/h2-6,8H,7,15H2,1H3,(H,16,17). The predicted octanol–water partition coefficient (Wildman–Crippen LogP) is 3.25. The summed E-state index contributed by atoms with van der Waals surface area (Å²) in [4.78, 5) is 4.28. The Morgan fingerprint density at radius 1 is 1.29 bits per heavy atom. The summed E-state index contributed by atoms with van der Waals surface area (Å²) in [5.74, 6) is 0.785. The minimum absolute atomic E-state index is 0.503. The van der Waals surface area contributed by atoms with Crippen LogP contribution in [0.15, 0.2) is 36.5 Å². The second-order valence-corrected chi connectivity index (χ2v) is 4.28. The maximum Gasteiger partial charge on any atom is 0.130 e. The lowest BCUT2D eigenvalue weighted by molar-refractivity contribution is 1.05. The number of halogens is 1. The van der Waals surface area contributed by atoms with Gasteiger partial charge in [-0.2, -0.15) is 0 Å². The summed E-state index contributed by atoms with van der Waals surface area (Å²) >= 11 is 5.95. The average molecular weight is 248 g/mol. The van der Waals surface area contributed by atoms with Crippen LogP contribution in [0.4, 0.5) is 11.5 Å². The number of hydrogen-bond donors (Lipinski definition) is 2. The highest BCUT2D eigenvalue weighted by Gasteiger charge is 2.01. The molecule has 0 aliphatic carbocycles. The van der Waals surface area contributed by atoms with E-state index >= 15 is 0 Å². The number of aryl methyl sites for hydroxylation is 1. The minimum atomic E-state index is 0.503. The number of hydrogen-bond acceptors (Lipinski definition) is 3. The summed E-state index contributed by atoms with van der Waals surface area (Å²) in [5.41, 5.74) is 8.62. The van der Waals surface area contributed by atoms with Crippen molar-refractivity contribution >= 4 is 23.1 Å². The van der Waals surface area contributed by atoms with E-state index in [0.29, 0.717) is 11.6 Å². The van der Waals surface area contributed by atoms with Crippen molar-refractivity contribution < 1.29 is 0 Å². The summed E-state index contributed by atoms with van der Waals surface area (Å²) in [5, 5.41) is 3.93. The second-order valence-electron chi connectivity index (χ2n) is 3.84. The molecule has 0 radical (unpaired) electrons. The van der Waals surface area contributed by atoms with Crippen molar-refractivity contribution in [1.82, 2.24) is 4.98 Å². The highest BCUT2D eigenvalue weighted by molar-refractivity contribution is 6.30. The summed E-state index contributed by atoms with van der Waals surface area (Å²) in [6, 6.07) is 9.58. The second kappa shape index (κ2) is 5.17. The van der Waals surface area contributed by atoms with Crippen LogP contribution in [-0.2, 0) is 6.54 Å². The zero-order chi connectivity index (χ0) is 12.3. The maximum atomic E-state index is 5.95. The fourth-order valence-electron chi connectivity index (χ4n) is 1.49. The van der Waals surface area contributed by atoms with Gasteiger partial charge in [-0.15, -0.1) is 0 Å². The van der Waals surface area contributed by atoms with Gasteiger partial charge in [0, 0.05) is 23.5 Å². The summed E-state index contributed by atoms with van der Waals surface area (Å²) < 4.78 is 0. The average Bonchev–Trinajstić information content (AvgIpc) is 2.35. The third kappa shape index (κ3) is 2.96. The Bertz CT molecular complexity index is 509. The van der Waals surface area contributed by atoms with Gasteiger partial charge in [0.15, 0.2) is 0 Å². The van der Waals surface area contributed by atoms with Crippen LogP contribution in [0.5, 0.6) is 0 Å². The van der Waals surface area contributed by atoms with Gasteiger partial charge in [-0.25, -0.2) is 4.98 Å². The monoisotopic (exact) mass is 247 g/mol. The molecule has 3 N–H and O–H groups in total. The largest absolute Gasteiger partial charge is 0.340 e. The molecule has 1 heterocycles. The number of nitrogens with zero attached hydrogens (tertiary/aromatic N) is 1. The molecule has 17 heavy (non-hydrogen) atoms. The van der Waals surface area contributed by atoms with E-state index in [0.717, 1.165) is 22.6 Å². The normalized spacial score (nSPS) is 10.3. The number of aromatic nitrogens is 1. The van der Waals surface area contributed by atoms with Crippen LogP contribution in [0, 0.1) is 6.92 Å². The first-order chi connectivity index (χ1) is 8.19. The van der Waals surface area contributed by atoms with Crippen LogP contribution < -0.4 is 11.1 Å².